The lowest BCUT2D eigenvalue weighted by molar-refractivity contribution is -0.138. The summed E-state index contributed by atoms with van der Waals surface area (Å²) < 4.78 is 28.9. The van der Waals surface area contributed by atoms with Gasteiger partial charge in [-0.15, -0.1) is 0 Å². The molecule has 0 aliphatic rings. The highest BCUT2D eigenvalue weighted by Gasteiger charge is 2.06. The van der Waals surface area contributed by atoms with E-state index in [1.54, 1.807) is 0 Å². The number of ether oxygens (including phenoxy) is 6. The first-order valence-electron chi connectivity index (χ1n) is 10.6. The van der Waals surface area contributed by atoms with Crippen molar-refractivity contribution in [2.75, 3.05) is 52.7 Å². The Balaban J connectivity index is 3.45. The Morgan fingerprint density at radius 3 is 1.24 bits per heavy atom. The second kappa shape index (κ2) is 21.1. The molecule has 0 rings (SSSR count). The number of hydrogen-bond acceptors (Lipinski definition) is 11. The predicted molar refractivity (Wildman–Crippen MR) is 117 cm³/mol. The molecule has 2 N–H and O–H groups in total. The summed E-state index contributed by atoms with van der Waals surface area (Å²) >= 11 is 0. The molecule has 0 bridgehead atoms. The molecule has 0 fully saturated rings. The minimum atomic E-state index is -0.819. The van der Waals surface area contributed by atoms with Gasteiger partial charge < -0.3 is 39.1 Å². The third kappa shape index (κ3) is 20.2. The van der Waals surface area contributed by atoms with Gasteiger partial charge in [-0.25, -0.2) is 24.0 Å². The number of carbonyl (C=O) groups is 5. The minimum absolute atomic E-state index is 0.00879. The molecule has 0 aliphatic heterocycles. The number of rotatable bonds is 18. The Bertz CT molecular complexity index is 613. The van der Waals surface area contributed by atoms with Gasteiger partial charge in [0.25, 0.3) is 0 Å². The van der Waals surface area contributed by atoms with Crippen LogP contribution in [0.15, 0.2) is 25.3 Å². The summed E-state index contributed by atoms with van der Waals surface area (Å²) in [5.74, 6) is -1.16. The summed E-state index contributed by atoms with van der Waals surface area (Å²) in [5, 5.41) is 4.81. The fourth-order valence-corrected chi connectivity index (χ4v) is 1.92. The molecule has 0 aromatic carbocycles. The maximum absolute atomic E-state index is 11.4. The lowest BCUT2D eigenvalue weighted by atomic mass is 10.3. The van der Waals surface area contributed by atoms with Crippen molar-refractivity contribution < 1.29 is 52.4 Å². The van der Waals surface area contributed by atoms with Gasteiger partial charge in [0, 0.05) is 12.2 Å². The summed E-state index contributed by atoms with van der Waals surface area (Å²) in [5.41, 5.74) is 0. The summed E-state index contributed by atoms with van der Waals surface area (Å²) in [4.78, 5) is 55.8. The fourth-order valence-electron chi connectivity index (χ4n) is 1.92. The Hall–Kier alpha value is -3.77. The van der Waals surface area contributed by atoms with E-state index in [0.29, 0.717) is 25.7 Å². The Morgan fingerprint density at radius 2 is 0.882 bits per heavy atom. The zero-order chi connectivity index (χ0) is 25.4. The molecule has 0 radical (unpaired) electrons. The van der Waals surface area contributed by atoms with Crippen LogP contribution in [0.3, 0.4) is 0 Å². The molecule has 13 heteroatoms. The first-order chi connectivity index (χ1) is 16.4. The number of alkyl carbamates (subject to hydrolysis) is 2. The molecular formula is C21H32N2O11. The maximum atomic E-state index is 11.4. The normalized spacial score (nSPS) is 9.65. The van der Waals surface area contributed by atoms with Crippen LogP contribution in [0.25, 0.3) is 0 Å². The average molecular weight is 488 g/mol. The lowest BCUT2D eigenvalue weighted by Crippen LogP contribution is -2.28. The molecule has 0 aliphatic carbocycles. The van der Waals surface area contributed by atoms with Crippen molar-refractivity contribution in [1.82, 2.24) is 10.6 Å². The molecule has 13 nitrogen and oxygen atoms in total. The number of unbranched alkanes of at least 4 members (excludes halogenated alkanes) is 2. The van der Waals surface area contributed by atoms with Crippen LogP contribution < -0.4 is 10.6 Å². The zero-order valence-electron chi connectivity index (χ0n) is 19.0. The topological polar surface area (TPSA) is 165 Å². The van der Waals surface area contributed by atoms with Crippen LogP contribution in [0.2, 0.25) is 0 Å². The van der Waals surface area contributed by atoms with E-state index in [1.165, 1.54) is 0 Å². The van der Waals surface area contributed by atoms with Crippen molar-refractivity contribution in [3.8, 4) is 0 Å². The van der Waals surface area contributed by atoms with Gasteiger partial charge in [0.1, 0.15) is 13.2 Å². The zero-order valence-corrected chi connectivity index (χ0v) is 19.0. The van der Waals surface area contributed by atoms with Crippen LogP contribution in [0.4, 0.5) is 14.4 Å². The van der Waals surface area contributed by atoms with Gasteiger partial charge in [-0.2, -0.15) is 0 Å². The van der Waals surface area contributed by atoms with E-state index < -0.39 is 30.3 Å². The lowest BCUT2D eigenvalue weighted by Gasteiger charge is -2.08. The van der Waals surface area contributed by atoms with E-state index in [-0.39, 0.29) is 52.7 Å². The molecule has 0 heterocycles. The first-order valence-corrected chi connectivity index (χ1v) is 10.6. The van der Waals surface area contributed by atoms with Crippen LogP contribution in [0.1, 0.15) is 25.7 Å². The van der Waals surface area contributed by atoms with Crippen molar-refractivity contribution in [3.05, 3.63) is 25.3 Å². The van der Waals surface area contributed by atoms with E-state index in [9.17, 15) is 24.0 Å². The highest BCUT2D eigenvalue weighted by atomic mass is 16.7. The fraction of sp³-hybridized carbons (Fsp3) is 0.571. The Labute approximate surface area is 197 Å². The van der Waals surface area contributed by atoms with Gasteiger partial charge in [-0.1, -0.05) is 13.2 Å². The molecule has 0 spiro atoms. The molecule has 0 aromatic rings. The number of amides is 2. The number of hydrogen-bond donors (Lipinski definition) is 2. The monoisotopic (exact) mass is 488 g/mol. The SMILES string of the molecule is C=CC(=O)OCCNC(=O)OCCCCOC(=O)OCCCCOC(=O)NCCOC(=O)C=C. The van der Waals surface area contributed by atoms with Crippen molar-refractivity contribution in [3.63, 3.8) is 0 Å². The summed E-state index contributed by atoms with van der Waals surface area (Å²) in [6, 6.07) is 0. The maximum Gasteiger partial charge on any atom is 0.508 e. The second-order valence-electron chi connectivity index (χ2n) is 6.23. The van der Waals surface area contributed by atoms with Crippen LogP contribution >= 0.6 is 0 Å². The van der Waals surface area contributed by atoms with E-state index in [1.807, 2.05) is 0 Å². The molecule has 2 amide bonds. The van der Waals surface area contributed by atoms with E-state index in [2.05, 4.69) is 33.3 Å². The quantitative estimate of drug-likeness (QED) is 0.125. The van der Waals surface area contributed by atoms with Crippen molar-refractivity contribution in [1.29, 1.82) is 0 Å². The van der Waals surface area contributed by atoms with Crippen LogP contribution in [-0.2, 0) is 38.0 Å². The second-order valence-corrected chi connectivity index (χ2v) is 6.23. The third-order valence-electron chi connectivity index (χ3n) is 3.55. The van der Waals surface area contributed by atoms with Gasteiger partial charge >= 0.3 is 30.3 Å². The first kappa shape index (κ1) is 30.2. The number of esters is 2. The van der Waals surface area contributed by atoms with Crippen LogP contribution in [-0.4, -0.2) is 83.0 Å². The molecule has 0 aromatic heterocycles. The molecule has 0 saturated heterocycles. The molecule has 192 valence electrons. The van der Waals surface area contributed by atoms with E-state index in [0.717, 1.165) is 12.2 Å². The molecule has 0 atom stereocenters. The van der Waals surface area contributed by atoms with Gasteiger partial charge in [0.05, 0.1) is 39.5 Å². The van der Waals surface area contributed by atoms with Gasteiger partial charge in [-0.05, 0) is 25.7 Å². The summed E-state index contributed by atoms with van der Waals surface area (Å²) in [6.45, 7) is 7.19. The number of nitrogens with one attached hydrogen (secondary N) is 2. The van der Waals surface area contributed by atoms with E-state index >= 15 is 0 Å². The number of carbonyl (C=O) groups excluding carboxylic acids is 5. The van der Waals surface area contributed by atoms with Gasteiger partial charge in [0.2, 0.25) is 0 Å². The molecular weight excluding hydrogens is 456 g/mol. The third-order valence-corrected chi connectivity index (χ3v) is 3.55. The summed E-state index contributed by atoms with van der Waals surface area (Å²) in [6.07, 6.45) is 1.81. The van der Waals surface area contributed by atoms with Crippen molar-refractivity contribution >= 4 is 30.3 Å². The van der Waals surface area contributed by atoms with Gasteiger partial charge in [-0.3, -0.25) is 0 Å². The standard InChI is InChI=1S/C21H32N2O11/c1-3-17(24)29-15-9-22-19(26)31-11-5-7-13-33-21(28)34-14-8-6-12-32-20(27)23-10-16-30-18(25)4-2/h3-4H,1-2,5-16H2,(H,22,26)(H,23,27). The van der Waals surface area contributed by atoms with Crippen molar-refractivity contribution in [2.24, 2.45) is 0 Å². The smallest absolute Gasteiger partial charge is 0.461 e. The Morgan fingerprint density at radius 1 is 0.529 bits per heavy atom. The highest BCUT2D eigenvalue weighted by molar-refractivity contribution is 5.81. The molecule has 34 heavy (non-hydrogen) atoms. The van der Waals surface area contributed by atoms with E-state index in [4.69, 9.17) is 18.9 Å². The van der Waals surface area contributed by atoms with Crippen LogP contribution in [0, 0.1) is 0 Å². The molecule has 0 saturated carbocycles. The minimum Gasteiger partial charge on any atom is -0.461 e. The average Bonchev–Trinajstić information content (AvgIpc) is 2.83. The van der Waals surface area contributed by atoms with Crippen molar-refractivity contribution in [2.45, 2.75) is 25.7 Å². The predicted octanol–water partition coefficient (Wildman–Crippen LogP) is 1.61. The largest absolute Gasteiger partial charge is 0.508 e. The molecule has 0 unspecified atom stereocenters. The highest BCUT2D eigenvalue weighted by Crippen LogP contribution is 1.97. The van der Waals surface area contributed by atoms with Crippen LogP contribution in [0.5, 0.6) is 0 Å². The van der Waals surface area contributed by atoms with Gasteiger partial charge in [0.15, 0.2) is 0 Å². The Kier molecular flexibility index (Phi) is 18.8. The summed E-state index contributed by atoms with van der Waals surface area (Å²) in [7, 11) is 0.